The van der Waals surface area contributed by atoms with Crippen LogP contribution in [0.5, 0.6) is 0 Å². The van der Waals surface area contributed by atoms with Gasteiger partial charge in [-0.25, -0.2) is 9.78 Å². The normalized spacial score (nSPS) is 23.4. The maximum atomic E-state index is 12.1. The Hall–Kier alpha value is -4.80. The van der Waals surface area contributed by atoms with E-state index in [0.717, 1.165) is 25.7 Å². The largest absolute Gasteiger partial charge is 0.490 e. The molecule has 2 aliphatic rings. The highest BCUT2D eigenvalue weighted by molar-refractivity contribution is 5.84. The maximum absolute atomic E-state index is 12.1. The molecule has 6 rings (SSSR count). The number of carbonyl (C=O) groups excluding carboxylic acids is 1. The topological polar surface area (TPSA) is 201 Å². The molecule has 4 atom stereocenters. The Balaban J connectivity index is 0.000000654. The molecule has 2 aromatic carbocycles. The van der Waals surface area contributed by atoms with Crippen LogP contribution in [0.2, 0.25) is 0 Å². The Kier molecular flexibility index (Phi) is 12.1. The molecule has 51 heavy (non-hydrogen) atoms. The zero-order valence-corrected chi connectivity index (χ0v) is 28.0. The molecule has 0 unspecified atom stereocenters. The predicted molar refractivity (Wildman–Crippen MR) is 184 cm³/mol. The van der Waals surface area contributed by atoms with Crippen molar-refractivity contribution in [2.45, 2.75) is 93.9 Å². The second-order valence-electron chi connectivity index (χ2n) is 12.8. The number of aliphatic carboxylic acids is 1. The number of aliphatic hydroxyl groups excluding tert-OH is 2. The summed E-state index contributed by atoms with van der Waals surface area (Å²) >= 11 is 0. The highest BCUT2D eigenvalue weighted by Gasteiger charge is 2.44. The van der Waals surface area contributed by atoms with Crippen LogP contribution in [0, 0.1) is 0 Å². The van der Waals surface area contributed by atoms with Gasteiger partial charge in [0, 0.05) is 31.0 Å². The van der Waals surface area contributed by atoms with Crippen LogP contribution in [0.3, 0.4) is 0 Å². The molecule has 0 saturated heterocycles. The number of nitrogens with one attached hydrogen (secondary N) is 3. The van der Waals surface area contributed by atoms with E-state index >= 15 is 0 Å². The highest BCUT2D eigenvalue weighted by atomic mass is 19.4. The molecular weight excluding hydrogens is 669 g/mol. The standard InChI is InChI=1S/C33H42N8O3.C2HF3O2/c1-2-27(42)38-25-17-26(30(44)29(25)43)41-19-36-28-31(39-33(40-32(28)41)37-23-15-13-22(34)14-16-23)35-18-24(20-9-5-3-6-10-20)21-11-7-4-8-12-21;3-2(4,5)1(6)7/h3-12,19,22-26,29-30,43-44H,2,13-18,34H2,1H3,(H,38,42)(H2,35,37,39,40);(H,6,7)/t22?,23?,25-,26+,29+,30-;/m0./s1. The van der Waals surface area contributed by atoms with Gasteiger partial charge in [0.1, 0.15) is 12.2 Å². The molecule has 2 aromatic heterocycles. The first-order valence-corrected chi connectivity index (χ1v) is 16.9. The Labute approximate surface area is 292 Å². The average Bonchev–Trinajstić information content (AvgIpc) is 3.66. The predicted octanol–water partition coefficient (Wildman–Crippen LogP) is 3.95. The monoisotopic (exact) mass is 712 g/mol. The zero-order chi connectivity index (χ0) is 36.7. The van der Waals surface area contributed by atoms with Crippen molar-refractivity contribution in [1.82, 2.24) is 24.8 Å². The Morgan fingerprint density at radius 2 is 1.55 bits per heavy atom. The van der Waals surface area contributed by atoms with Gasteiger partial charge in [-0.1, -0.05) is 67.6 Å². The van der Waals surface area contributed by atoms with Crippen LogP contribution in [-0.4, -0.2) is 89.8 Å². The molecule has 4 aromatic rings. The highest BCUT2D eigenvalue weighted by Crippen LogP contribution is 2.35. The molecule has 0 spiro atoms. The number of benzene rings is 2. The van der Waals surface area contributed by atoms with Gasteiger partial charge in [0.15, 0.2) is 17.0 Å². The molecule has 0 bridgehead atoms. The van der Waals surface area contributed by atoms with Crippen LogP contribution in [0.15, 0.2) is 67.0 Å². The summed E-state index contributed by atoms with van der Waals surface area (Å²) in [5.74, 6) is -1.80. The lowest BCUT2D eigenvalue weighted by atomic mass is 9.91. The summed E-state index contributed by atoms with van der Waals surface area (Å²) in [6, 6.07) is 20.1. The van der Waals surface area contributed by atoms with Gasteiger partial charge in [0.05, 0.1) is 18.4 Å². The van der Waals surface area contributed by atoms with E-state index in [9.17, 15) is 28.2 Å². The fourth-order valence-electron chi connectivity index (χ4n) is 6.53. The molecule has 274 valence electrons. The van der Waals surface area contributed by atoms with Crippen molar-refractivity contribution in [2.24, 2.45) is 5.73 Å². The number of hydrogen-bond donors (Lipinski definition) is 7. The smallest absolute Gasteiger partial charge is 0.475 e. The van der Waals surface area contributed by atoms with Crippen molar-refractivity contribution in [3.63, 3.8) is 0 Å². The summed E-state index contributed by atoms with van der Waals surface area (Å²) in [4.78, 5) is 35.5. The molecule has 2 saturated carbocycles. The number of hydrogen-bond acceptors (Lipinski definition) is 10. The van der Waals surface area contributed by atoms with Gasteiger partial charge < -0.3 is 41.6 Å². The number of nitrogens with two attached hydrogens (primary N) is 1. The van der Waals surface area contributed by atoms with E-state index in [2.05, 4.69) is 40.2 Å². The van der Waals surface area contributed by atoms with Gasteiger partial charge in [-0.2, -0.15) is 23.1 Å². The first-order chi connectivity index (χ1) is 24.3. The zero-order valence-electron chi connectivity index (χ0n) is 28.0. The number of nitrogens with zero attached hydrogens (tertiary/aromatic N) is 4. The van der Waals surface area contributed by atoms with Crippen LogP contribution in [0.25, 0.3) is 11.2 Å². The van der Waals surface area contributed by atoms with E-state index in [-0.39, 0.29) is 23.9 Å². The Morgan fingerprint density at radius 1 is 0.961 bits per heavy atom. The molecule has 0 aliphatic heterocycles. The second-order valence-corrected chi connectivity index (χ2v) is 12.8. The number of aromatic nitrogens is 4. The van der Waals surface area contributed by atoms with Crippen molar-refractivity contribution < 1.29 is 38.1 Å². The van der Waals surface area contributed by atoms with Crippen molar-refractivity contribution >= 4 is 34.8 Å². The number of halogens is 3. The van der Waals surface area contributed by atoms with Crippen LogP contribution >= 0.6 is 0 Å². The number of imidazole rings is 1. The van der Waals surface area contributed by atoms with Gasteiger partial charge >= 0.3 is 12.1 Å². The Bertz CT molecular complexity index is 1710. The number of carbonyl (C=O) groups is 2. The number of rotatable bonds is 10. The van der Waals surface area contributed by atoms with E-state index in [1.54, 1.807) is 13.3 Å². The van der Waals surface area contributed by atoms with E-state index in [1.165, 1.54) is 11.1 Å². The van der Waals surface area contributed by atoms with Gasteiger partial charge in [0.25, 0.3) is 0 Å². The molecule has 16 heteroatoms. The average molecular weight is 713 g/mol. The minimum absolute atomic E-state index is 0.0653. The number of anilines is 2. The van der Waals surface area contributed by atoms with Gasteiger partial charge in [-0.3, -0.25) is 4.79 Å². The third kappa shape index (κ3) is 9.31. The molecule has 2 aliphatic carbocycles. The van der Waals surface area contributed by atoms with Gasteiger partial charge in [-0.05, 0) is 43.2 Å². The van der Waals surface area contributed by atoms with Crippen molar-refractivity contribution in [1.29, 1.82) is 0 Å². The van der Waals surface area contributed by atoms with Crippen LogP contribution in [-0.2, 0) is 9.59 Å². The fraction of sp³-hybridized carbons (Fsp3) is 0.457. The van der Waals surface area contributed by atoms with E-state index in [4.69, 9.17) is 30.6 Å². The molecule has 2 fully saturated rings. The second kappa shape index (κ2) is 16.5. The third-order valence-electron chi connectivity index (χ3n) is 9.32. The van der Waals surface area contributed by atoms with Gasteiger partial charge in [-0.15, -0.1) is 0 Å². The van der Waals surface area contributed by atoms with Crippen molar-refractivity contribution in [2.75, 3.05) is 17.2 Å². The number of alkyl halides is 3. The number of carboxylic acid groups (broad SMARTS) is 1. The molecule has 2 heterocycles. The molecule has 8 N–H and O–H groups in total. The molecule has 1 amide bonds. The Morgan fingerprint density at radius 3 is 2.10 bits per heavy atom. The van der Waals surface area contributed by atoms with Crippen LogP contribution in [0.4, 0.5) is 24.9 Å². The lowest BCUT2D eigenvalue weighted by Gasteiger charge is -2.27. The van der Waals surface area contributed by atoms with Crippen LogP contribution in [0.1, 0.15) is 68.5 Å². The molecule has 0 radical (unpaired) electrons. The fourth-order valence-corrected chi connectivity index (χ4v) is 6.53. The van der Waals surface area contributed by atoms with Gasteiger partial charge in [0.2, 0.25) is 11.9 Å². The van der Waals surface area contributed by atoms with E-state index < -0.39 is 36.4 Å². The van der Waals surface area contributed by atoms with Crippen molar-refractivity contribution in [3.8, 4) is 0 Å². The summed E-state index contributed by atoms with van der Waals surface area (Å²) in [6.07, 6.45) is -1.25. The van der Waals surface area contributed by atoms with E-state index in [0.29, 0.717) is 42.3 Å². The minimum Gasteiger partial charge on any atom is -0.475 e. The summed E-state index contributed by atoms with van der Waals surface area (Å²) in [6.45, 7) is 2.33. The maximum Gasteiger partial charge on any atom is 0.490 e. The third-order valence-corrected chi connectivity index (χ3v) is 9.32. The first-order valence-electron chi connectivity index (χ1n) is 16.9. The minimum atomic E-state index is -5.08. The lowest BCUT2D eigenvalue weighted by Crippen LogP contribution is -2.42. The number of fused-ring (bicyclic) bond motifs is 1. The van der Waals surface area contributed by atoms with E-state index in [1.807, 2.05) is 41.0 Å². The SMILES string of the molecule is CCC(=O)N[C@H]1C[C@@H](n2cnc3c(NCC(c4ccccc4)c4ccccc4)nc(NC4CCC(N)CC4)nc32)[C@H](O)[C@@H]1O.O=C(O)C(F)(F)F. The van der Waals surface area contributed by atoms with Crippen molar-refractivity contribution in [3.05, 3.63) is 78.1 Å². The lowest BCUT2D eigenvalue weighted by molar-refractivity contribution is -0.192. The first kappa shape index (κ1) is 37.5. The summed E-state index contributed by atoms with van der Waals surface area (Å²) < 4.78 is 33.5. The number of amides is 1. The van der Waals surface area contributed by atoms with Crippen LogP contribution < -0.4 is 21.7 Å². The molecular formula is C35H43F3N8O5. The summed E-state index contributed by atoms with van der Waals surface area (Å²) in [7, 11) is 0. The number of carboxylic acids is 1. The summed E-state index contributed by atoms with van der Waals surface area (Å²) in [5.41, 5.74) is 9.64. The quantitative estimate of drug-likeness (QED) is 0.126. The molecule has 13 nitrogen and oxygen atoms in total. The summed E-state index contributed by atoms with van der Waals surface area (Å²) in [5, 5.41) is 38.9. The number of aliphatic hydroxyl groups is 2.